The number of aromatic nitrogens is 1. The second-order valence-corrected chi connectivity index (χ2v) is 5.90. The first kappa shape index (κ1) is 14.7. The molecule has 0 radical (unpaired) electrons. The Morgan fingerprint density at radius 3 is 2.38 bits per heavy atom. The number of ether oxygens (including phenoxy) is 1. The van der Waals surface area contributed by atoms with Crippen LogP contribution in [-0.4, -0.2) is 11.6 Å². The molecule has 0 aliphatic rings. The van der Waals surface area contributed by atoms with E-state index in [4.69, 9.17) is 9.72 Å². The van der Waals surface area contributed by atoms with Crippen LogP contribution < -0.4 is 4.74 Å². The van der Waals surface area contributed by atoms with Crippen LogP contribution in [0.4, 0.5) is 0 Å². The van der Waals surface area contributed by atoms with Gasteiger partial charge in [-0.15, -0.1) is 0 Å². The predicted octanol–water partition coefficient (Wildman–Crippen LogP) is 5.84. The number of rotatable bonds is 4. The summed E-state index contributed by atoms with van der Waals surface area (Å²) in [6.45, 7) is 2.85. The molecule has 2 heteroatoms. The highest BCUT2D eigenvalue weighted by molar-refractivity contribution is 6.09. The maximum absolute atomic E-state index is 5.84. The van der Waals surface area contributed by atoms with Crippen LogP contribution in [0.1, 0.15) is 13.3 Å². The number of benzene rings is 3. The Hall–Kier alpha value is -2.87. The van der Waals surface area contributed by atoms with Crippen LogP contribution in [0, 0.1) is 0 Å². The quantitative estimate of drug-likeness (QED) is 0.441. The first-order chi connectivity index (χ1) is 11.9. The van der Waals surface area contributed by atoms with Gasteiger partial charge in [0, 0.05) is 16.3 Å². The van der Waals surface area contributed by atoms with Crippen molar-refractivity contribution in [3.05, 3.63) is 72.8 Å². The van der Waals surface area contributed by atoms with Crippen LogP contribution in [0.5, 0.6) is 5.75 Å². The lowest BCUT2D eigenvalue weighted by atomic mass is 9.96. The number of nitrogens with zero attached hydrogens (tertiary/aromatic N) is 1. The highest BCUT2D eigenvalue weighted by Crippen LogP contribution is 2.36. The summed E-state index contributed by atoms with van der Waals surface area (Å²) in [4.78, 5) is 4.83. The summed E-state index contributed by atoms with van der Waals surface area (Å²) in [5.74, 6) is 0.901. The smallest absolute Gasteiger partial charge is 0.120 e. The van der Waals surface area contributed by atoms with Gasteiger partial charge < -0.3 is 4.74 Å². The van der Waals surface area contributed by atoms with E-state index in [1.165, 1.54) is 16.5 Å². The van der Waals surface area contributed by atoms with Gasteiger partial charge in [0.05, 0.1) is 17.6 Å². The highest BCUT2D eigenvalue weighted by Gasteiger charge is 2.11. The standard InChI is InChI=1S/C22H19NO/c1-2-14-24-17-12-13-21-19(15-17)22(16-8-4-3-5-9-16)18-10-6-7-11-20(18)23-21/h3-13,15H,2,14H2,1H3. The zero-order valence-electron chi connectivity index (χ0n) is 13.7. The fourth-order valence-electron chi connectivity index (χ4n) is 3.10. The molecular formula is C22H19NO. The third-order valence-electron chi connectivity index (χ3n) is 4.19. The lowest BCUT2D eigenvalue weighted by molar-refractivity contribution is 0.318. The zero-order chi connectivity index (χ0) is 16.4. The van der Waals surface area contributed by atoms with Crippen molar-refractivity contribution in [3.63, 3.8) is 0 Å². The summed E-state index contributed by atoms with van der Waals surface area (Å²) >= 11 is 0. The van der Waals surface area contributed by atoms with Crippen LogP contribution >= 0.6 is 0 Å². The predicted molar refractivity (Wildman–Crippen MR) is 100 cm³/mol. The molecule has 4 rings (SSSR count). The molecule has 0 amide bonds. The van der Waals surface area contributed by atoms with E-state index in [1.54, 1.807) is 0 Å². The molecular weight excluding hydrogens is 294 g/mol. The molecule has 0 aliphatic heterocycles. The topological polar surface area (TPSA) is 22.1 Å². The third kappa shape index (κ3) is 2.61. The Balaban J connectivity index is 2.05. The minimum atomic E-state index is 0.729. The molecule has 0 bridgehead atoms. The summed E-state index contributed by atoms with van der Waals surface area (Å²) in [5, 5.41) is 2.30. The first-order valence-electron chi connectivity index (χ1n) is 8.37. The normalized spacial score (nSPS) is 11.0. The van der Waals surface area contributed by atoms with E-state index in [0.29, 0.717) is 0 Å². The molecule has 1 heterocycles. The van der Waals surface area contributed by atoms with Crippen molar-refractivity contribution in [1.82, 2.24) is 4.98 Å². The SMILES string of the molecule is CCCOc1ccc2nc3ccccc3c(-c3ccccc3)c2c1. The fraction of sp³-hybridized carbons (Fsp3) is 0.136. The second kappa shape index (κ2) is 6.32. The number of para-hydroxylation sites is 1. The Labute approximate surface area is 141 Å². The molecule has 0 saturated carbocycles. The van der Waals surface area contributed by atoms with E-state index in [2.05, 4.69) is 61.5 Å². The molecule has 4 aromatic rings. The van der Waals surface area contributed by atoms with Crippen LogP contribution in [0.15, 0.2) is 72.8 Å². The van der Waals surface area contributed by atoms with Crippen molar-refractivity contribution in [2.45, 2.75) is 13.3 Å². The molecule has 24 heavy (non-hydrogen) atoms. The van der Waals surface area contributed by atoms with Gasteiger partial charge in [0.25, 0.3) is 0 Å². The monoisotopic (exact) mass is 313 g/mol. The van der Waals surface area contributed by atoms with Crippen LogP contribution in [0.25, 0.3) is 32.9 Å². The minimum absolute atomic E-state index is 0.729. The van der Waals surface area contributed by atoms with Crippen molar-refractivity contribution in [2.24, 2.45) is 0 Å². The van der Waals surface area contributed by atoms with Crippen LogP contribution in [0.3, 0.4) is 0 Å². The average Bonchev–Trinajstić information content (AvgIpc) is 2.65. The van der Waals surface area contributed by atoms with E-state index in [1.807, 2.05) is 18.2 Å². The van der Waals surface area contributed by atoms with Gasteiger partial charge in [-0.3, -0.25) is 0 Å². The van der Waals surface area contributed by atoms with Crippen molar-refractivity contribution in [2.75, 3.05) is 6.61 Å². The summed E-state index contributed by atoms with van der Waals surface area (Å²) in [7, 11) is 0. The van der Waals surface area contributed by atoms with Gasteiger partial charge in [0.1, 0.15) is 5.75 Å². The van der Waals surface area contributed by atoms with Crippen molar-refractivity contribution < 1.29 is 4.74 Å². The van der Waals surface area contributed by atoms with Gasteiger partial charge in [-0.25, -0.2) is 4.98 Å². The summed E-state index contributed by atoms with van der Waals surface area (Å²) in [6, 6.07) is 25.0. The van der Waals surface area contributed by atoms with Gasteiger partial charge in [0.2, 0.25) is 0 Å². The Morgan fingerprint density at radius 2 is 1.54 bits per heavy atom. The second-order valence-electron chi connectivity index (χ2n) is 5.90. The van der Waals surface area contributed by atoms with Crippen molar-refractivity contribution in [1.29, 1.82) is 0 Å². The van der Waals surface area contributed by atoms with Crippen molar-refractivity contribution in [3.8, 4) is 16.9 Å². The average molecular weight is 313 g/mol. The molecule has 0 atom stereocenters. The van der Waals surface area contributed by atoms with E-state index in [-0.39, 0.29) is 0 Å². The molecule has 0 unspecified atom stereocenters. The van der Waals surface area contributed by atoms with E-state index in [9.17, 15) is 0 Å². The number of hydrogen-bond donors (Lipinski definition) is 0. The number of pyridine rings is 1. The van der Waals surface area contributed by atoms with Gasteiger partial charge in [-0.2, -0.15) is 0 Å². The Bertz CT molecular complexity index is 993. The van der Waals surface area contributed by atoms with Gasteiger partial charge >= 0.3 is 0 Å². The third-order valence-corrected chi connectivity index (χ3v) is 4.19. The van der Waals surface area contributed by atoms with Gasteiger partial charge in [0.15, 0.2) is 0 Å². The molecule has 0 aliphatic carbocycles. The fourth-order valence-corrected chi connectivity index (χ4v) is 3.10. The molecule has 0 N–H and O–H groups in total. The number of fused-ring (bicyclic) bond motifs is 2. The van der Waals surface area contributed by atoms with E-state index >= 15 is 0 Å². The maximum Gasteiger partial charge on any atom is 0.120 e. The Morgan fingerprint density at radius 1 is 0.792 bits per heavy atom. The minimum Gasteiger partial charge on any atom is -0.494 e. The Kier molecular flexibility index (Phi) is 3.87. The first-order valence-corrected chi connectivity index (χ1v) is 8.37. The molecule has 0 spiro atoms. The molecule has 3 aromatic carbocycles. The molecule has 0 fully saturated rings. The highest BCUT2D eigenvalue weighted by atomic mass is 16.5. The molecule has 0 saturated heterocycles. The van der Waals surface area contributed by atoms with E-state index < -0.39 is 0 Å². The number of hydrogen-bond acceptors (Lipinski definition) is 2. The van der Waals surface area contributed by atoms with E-state index in [0.717, 1.165) is 35.2 Å². The largest absolute Gasteiger partial charge is 0.494 e. The van der Waals surface area contributed by atoms with Crippen molar-refractivity contribution >= 4 is 21.8 Å². The molecule has 118 valence electrons. The lowest BCUT2D eigenvalue weighted by Crippen LogP contribution is -1.95. The molecule has 2 nitrogen and oxygen atoms in total. The lowest BCUT2D eigenvalue weighted by Gasteiger charge is -2.13. The van der Waals surface area contributed by atoms with Crippen LogP contribution in [-0.2, 0) is 0 Å². The van der Waals surface area contributed by atoms with Gasteiger partial charge in [-0.05, 0) is 36.2 Å². The zero-order valence-corrected chi connectivity index (χ0v) is 13.7. The summed E-state index contributed by atoms with van der Waals surface area (Å²) in [6.07, 6.45) is 1.000. The summed E-state index contributed by atoms with van der Waals surface area (Å²) in [5.41, 5.74) is 4.44. The van der Waals surface area contributed by atoms with Crippen LogP contribution in [0.2, 0.25) is 0 Å². The summed E-state index contributed by atoms with van der Waals surface area (Å²) < 4.78 is 5.84. The van der Waals surface area contributed by atoms with Gasteiger partial charge in [-0.1, -0.05) is 55.5 Å². The molecule has 1 aromatic heterocycles. The maximum atomic E-state index is 5.84.